The van der Waals surface area contributed by atoms with Crippen LogP contribution in [0.15, 0.2) is 0 Å². The molecule has 2 fully saturated rings. The Hall–Kier alpha value is -3.87. The van der Waals surface area contributed by atoms with Crippen molar-refractivity contribution in [2.45, 2.75) is 110 Å². The largest absolute Gasteiger partial charge is 0.463 e. The van der Waals surface area contributed by atoms with E-state index in [0.29, 0.717) is 0 Å². The van der Waals surface area contributed by atoms with Gasteiger partial charge in [0.2, 0.25) is 0 Å². The molecule has 0 aliphatic carbocycles. The van der Waals surface area contributed by atoms with Crippen LogP contribution in [0.5, 0.6) is 0 Å². The van der Waals surface area contributed by atoms with Crippen LogP contribution in [0.3, 0.4) is 0 Å². The number of carbonyl (C=O) groups excluding carboxylic acids is 7. The van der Waals surface area contributed by atoms with Crippen LogP contribution in [0, 0.1) is 0 Å². The van der Waals surface area contributed by atoms with Crippen molar-refractivity contribution < 1.29 is 86.0 Å². The van der Waals surface area contributed by atoms with Gasteiger partial charge in [-0.05, 0) is 0 Å². The van der Waals surface area contributed by atoms with E-state index in [9.17, 15) is 38.7 Å². The molecule has 18 nitrogen and oxygen atoms in total. The fraction of sp³-hybridized carbons (Fsp3) is 0.731. The van der Waals surface area contributed by atoms with Gasteiger partial charge in [0.05, 0.1) is 0 Å². The van der Waals surface area contributed by atoms with E-state index in [1.807, 2.05) is 0 Å². The van der Waals surface area contributed by atoms with Gasteiger partial charge in [-0.15, -0.1) is 0 Å². The fourth-order valence-corrected chi connectivity index (χ4v) is 4.49. The summed E-state index contributed by atoms with van der Waals surface area (Å²) in [7, 11) is 0. The van der Waals surface area contributed by atoms with Gasteiger partial charge in [0, 0.05) is 48.5 Å². The third kappa shape index (κ3) is 10.7. The topological polar surface area (TPSA) is 232 Å². The lowest BCUT2D eigenvalue weighted by Gasteiger charge is -2.48. The second kappa shape index (κ2) is 16.3. The smallest absolute Gasteiger partial charge is 0.303 e. The molecule has 0 amide bonds. The Morgan fingerprint density at radius 3 is 1.27 bits per heavy atom. The number of rotatable bonds is 11. The van der Waals surface area contributed by atoms with E-state index < -0.39 is 116 Å². The van der Waals surface area contributed by atoms with Crippen molar-refractivity contribution in [3.05, 3.63) is 0 Å². The average molecular weight is 637 g/mol. The number of ether oxygens (including phenoxy) is 10. The van der Waals surface area contributed by atoms with E-state index in [0.717, 1.165) is 48.5 Å². The number of hydrogen-bond acceptors (Lipinski definition) is 18. The van der Waals surface area contributed by atoms with Crippen LogP contribution in [-0.2, 0) is 80.9 Å². The molecular weight excluding hydrogens is 600 g/mol. The summed E-state index contributed by atoms with van der Waals surface area (Å²) in [5.41, 5.74) is 0. The molecule has 2 aliphatic rings. The number of aliphatic hydroxyl groups excluding tert-OH is 1. The van der Waals surface area contributed by atoms with Crippen LogP contribution >= 0.6 is 0 Å². The molecule has 248 valence electrons. The van der Waals surface area contributed by atoms with Gasteiger partial charge in [-0.2, -0.15) is 0 Å². The maximum atomic E-state index is 12.2. The minimum atomic E-state index is -1.90. The van der Waals surface area contributed by atoms with Crippen molar-refractivity contribution in [3.8, 4) is 0 Å². The summed E-state index contributed by atoms with van der Waals surface area (Å²) in [6, 6.07) is 0. The first-order valence-corrected chi connectivity index (χ1v) is 13.3. The molecule has 0 aromatic carbocycles. The molecule has 18 heteroatoms. The molecule has 0 spiro atoms. The first-order valence-electron chi connectivity index (χ1n) is 13.3. The molecule has 44 heavy (non-hydrogen) atoms. The van der Waals surface area contributed by atoms with E-state index in [2.05, 4.69) is 0 Å². The van der Waals surface area contributed by atoms with Gasteiger partial charge in [0.25, 0.3) is 0 Å². The summed E-state index contributed by atoms with van der Waals surface area (Å²) >= 11 is 0. The highest BCUT2D eigenvalue weighted by molar-refractivity contribution is 5.69. The van der Waals surface area contributed by atoms with Crippen LogP contribution in [0.2, 0.25) is 0 Å². The molecule has 0 bridgehead atoms. The van der Waals surface area contributed by atoms with Crippen LogP contribution in [0.4, 0.5) is 0 Å². The Labute approximate surface area is 251 Å². The molecule has 0 aromatic heterocycles. The zero-order valence-electron chi connectivity index (χ0n) is 25.1. The van der Waals surface area contributed by atoms with Crippen molar-refractivity contribution in [2.24, 2.45) is 0 Å². The van der Waals surface area contributed by atoms with E-state index >= 15 is 0 Å². The van der Waals surface area contributed by atoms with Gasteiger partial charge in [-0.3, -0.25) is 33.6 Å². The number of esters is 7. The minimum Gasteiger partial charge on any atom is -0.463 e. The average Bonchev–Trinajstić information content (AvgIpc) is 2.87. The number of hydrogen-bond donors (Lipinski definition) is 1. The lowest BCUT2D eigenvalue weighted by molar-refractivity contribution is -0.357. The second-order valence-electron chi connectivity index (χ2n) is 9.68. The van der Waals surface area contributed by atoms with E-state index in [-0.39, 0.29) is 0 Å². The fourth-order valence-electron chi connectivity index (χ4n) is 4.49. The molecule has 0 saturated carbocycles. The summed E-state index contributed by atoms with van der Waals surface area (Å²) in [6.45, 7) is 6.11. The molecular formula is C26H36O18. The Kier molecular flexibility index (Phi) is 13.4. The molecule has 2 rings (SSSR count). The Bertz CT molecular complexity index is 1090. The molecule has 10 atom stereocenters. The van der Waals surface area contributed by atoms with Crippen molar-refractivity contribution in [2.75, 3.05) is 13.2 Å². The number of carbonyl (C=O) groups is 7. The minimum absolute atomic E-state index is 0.572. The lowest BCUT2D eigenvalue weighted by Crippen LogP contribution is -2.67. The molecule has 0 radical (unpaired) electrons. The maximum absolute atomic E-state index is 12.2. The number of aliphatic hydroxyl groups is 1. The zero-order chi connectivity index (χ0) is 33.3. The lowest BCUT2D eigenvalue weighted by atomic mass is 9.96. The van der Waals surface area contributed by atoms with E-state index in [1.165, 1.54) is 0 Å². The van der Waals surface area contributed by atoms with E-state index in [1.54, 1.807) is 0 Å². The third-order valence-electron chi connectivity index (χ3n) is 5.90. The summed E-state index contributed by atoms with van der Waals surface area (Å²) < 4.78 is 54.1. The Morgan fingerprint density at radius 2 is 0.841 bits per heavy atom. The van der Waals surface area contributed by atoms with Crippen LogP contribution < -0.4 is 0 Å². The van der Waals surface area contributed by atoms with Crippen molar-refractivity contribution in [3.63, 3.8) is 0 Å². The normalized spacial score (nSPS) is 31.5. The van der Waals surface area contributed by atoms with Crippen molar-refractivity contribution >= 4 is 41.8 Å². The van der Waals surface area contributed by atoms with Gasteiger partial charge < -0.3 is 52.5 Å². The zero-order valence-corrected chi connectivity index (χ0v) is 25.1. The summed E-state index contributed by atoms with van der Waals surface area (Å²) in [4.78, 5) is 83.5. The third-order valence-corrected chi connectivity index (χ3v) is 5.90. The predicted octanol–water partition coefficient (Wildman–Crippen LogP) is -1.40. The highest BCUT2D eigenvalue weighted by atomic mass is 16.8. The summed E-state index contributed by atoms with van der Waals surface area (Å²) in [5, 5.41) is 10.6. The first-order chi connectivity index (χ1) is 20.5. The summed E-state index contributed by atoms with van der Waals surface area (Å²) in [6.07, 6.45) is -16.3. The highest BCUT2D eigenvalue weighted by Crippen LogP contribution is 2.34. The van der Waals surface area contributed by atoms with Crippen LogP contribution in [0.1, 0.15) is 48.5 Å². The van der Waals surface area contributed by atoms with Gasteiger partial charge in [0.1, 0.15) is 31.5 Å². The van der Waals surface area contributed by atoms with Gasteiger partial charge in [-0.1, -0.05) is 0 Å². The predicted molar refractivity (Wildman–Crippen MR) is 135 cm³/mol. The van der Waals surface area contributed by atoms with Crippen LogP contribution in [0.25, 0.3) is 0 Å². The first kappa shape index (κ1) is 36.3. The quantitative estimate of drug-likeness (QED) is 0.203. The second-order valence-corrected chi connectivity index (χ2v) is 9.68. The van der Waals surface area contributed by atoms with Crippen LogP contribution in [-0.4, -0.2) is 122 Å². The molecule has 0 unspecified atom stereocenters. The van der Waals surface area contributed by atoms with E-state index in [4.69, 9.17) is 47.4 Å². The SMILES string of the molecule is CC(=O)OC[C@@H]1O[C@H](O[C@H]2[C@H](OC(C)=O)[C@@H](OC(C)=O)[C@@H](O)O[C@@H]2COC(C)=O)[C@@H](OC(C)=O)[C@H](OC(C)=O)[C@H]1OC(C)=O. The molecule has 2 heterocycles. The molecule has 2 aliphatic heterocycles. The van der Waals surface area contributed by atoms with Crippen molar-refractivity contribution in [1.82, 2.24) is 0 Å². The Morgan fingerprint density at radius 1 is 0.477 bits per heavy atom. The van der Waals surface area contributed by atoms with Gasteiger partial charge in [-0.25, -0.2) is 0 Å². The maximum Gasteiger partial charge on any atom is 0.303 e. The highest BCUT2D eigenvalue weighted by Gasteiger charge is 2.57. The molecule has 1 N–H and O–H groups in total. The van der Waals surface area contributed by atoms with Gasteiger partial charge >= 0.3 is 41.8 Å². The van der Waals surface area contributed by atoms with Gasteiger partial charge in [0.15, 0.2) is 43.1 Å². The Balaban J connectivity index is 2.66. The molecule has 2 saturated heterocycles. The van der Waals surface area contributed by atoms with Crippen molar-refractivity contribution in [1.29, 1.82) is 0 Å². The monoisotopic (exact) mass is 636 g/mol. The standard InChI is InChI=1S/C26H36O18/c1-10(27)35-8-17-20(21(38-13(4)30)23(25(34)42-17)40-15(6)32)44-26-24(41-16(7)33)22(39-14(5)31)19(37-12(3)29)18(43-26)9-36-11(2)28/h17-26,34H,8-9H2,1-7H3/t17-,18+,19+,20-,21+,22-,23-,24+,25+,26-/m1/s1. The molecule has 0 aromatic rings. The summed E-state index contributed by atoms with van der Waals surface area (Å²) in [5.74, 6) is -6.03.